The van der Waals surface area contributed by atoms with Crippen molar-refractivity contribution in [3.63, 3.8) is 0 Å². The second kappa shape index (κ2) is 3.63. The van der Waals surface area contributed by atoms with Crippen molar-refractivity contribution in [1.82, 2.24) is 4.31 Å². The Hall–Kier alpha value is -0.620. The maximum atomic E-state index is 11.2. The summed E-state index contributed by atoms with van der Waals surface area (Å²) in [6, 6.07) is -0.340. The van der Waals surface area contributed by atoms with Crippen LogP contribution in [0, 0.1) is 0 Å². The van der Waals surface area contributed by atoms with E-state index >= 15 is 0 Å². The smallest absolute Gasteiger partial charge is 0.304 e. The number of hydrogen-bond donors (Lipinski definition) is 1. The second-order valence-electron chi connectivity index (χ2n) is 3.27. The van der Waals surface area contributed by atoms with E-state index < -0.39 is 16.0 Å². The molecule has 0 saturated carbocycles. The van der Waals surface area contributed by atoms with E-state index in [1.165, 1.54) is 4.31 Å². The van der Waals surface area contributed by atoms with Crippen LogP contribution in [0.15, 0.2) is 0 Å². The van der Waals surface area contributed by atoms with Crippen molar-refractivity contribution in [2.45, 2.75) is 25.3 Å². The molecule has 0 spiro atoms. The van der Waals surface area contributed by atoms with E-state index in [9.17, 15) is 13.2 Å². The van der Waals surface area contributed by atoms with Gasteiger partial charge in [-0.3, -0.25) is 4.79 Å². The molecule has 0 aromatic heterocycles. The maximum Gasteiger partial charge on any atom is 0.304 e. The van der Waals surface area contributed by atoms with E-state index in [0.717, 1.165) is 12.7 Å². The van der Waals surface area contributed by atoms with Gasteiger partial charge in [0, 0.05) is 12.6 Å². The number of aliphatic carboxylic acids is 1. The number of carboxylic acids is 1. The second-order valence-corrected chi connectivity index (χ2v) is 5.20. The molecule has 0 aliphatic carbocycles. The molecular weight excluding hydrogens is 194 g/mol. The van der Waals surface area contributed by atoms with E-state index in [-0.39, 0.29) is 12.5 Å². The Kier molecular flexibility index (Phi) is 2.92. The molecule has 0 aromatic rings. The lowest BCUT2D eigenvalue weighted by atomic mass is 10.2. The first kappa shape index (κ1) is 10.5. The standard InChI is InChI=1S/C7H13NO4S/c1-13(11,12)8-4-2-3-6(8)5-7(9)10/h6H,2-5H2,1H3,(H,9,10). The van der Waals surface area contributed by atoms with E-state index in [0.29, 0.717) is 13.0 Å². The minimum absolute atomic E-state index is 0.0902. The highest BCUT2D eigenvalue weighted by molar-refractivity contribution is 7.88. The number of rotatable bonds is 3. The molecule has 1 atom stereocenters. The molecule has 13 heavy (non-hydrogen) atoms. The van der Waals surface area contributed by atoms with Gasteiger partial charge < -0.3 is 5.11 Å². The number of sulfonamides is 1. The predicted octanol–water partition coefficient (Wildman–Crippen LogP) is -0.115. The largest absolute Gasteiger partial charge is 0.481 e. The fourth-order valence-corrected chi connectivity index (χ4v) is 2.83. The predicted molar refractivity (Wildman–Crippen MR) is 46.8 cm³/mol. The van der Waals surface area contributed by atoms with Gasteiger partial charge in [-0.25, -0.2) is 8.42 Å². The highest BCUT2D eigenvalue weighted by atomic mass is 32.2. The number of carbonyl (C=O) groups is 1. The van der Waals surface area contributed by atoms with E-state index in [1.807, 2.05) is 0 Å². The van der Waals surface area contributed by atoms with Crippen molar-refractivity contribution in [3.8, 4) is 0 Å². The van der Waals surface area contributed by atoms with Gasteiger partial charge in [-0.15, -0.1) is 0 Å². The molecule has 1 fully saturated rings. The molecule has 1 saturated heterocycles. The van der Waals surface area contributed by atoms with Crippen LogP contribution in [-0.4, -0.2) is 42.6 Å². The summed E-state index contributed by atoms with van der Waals surface area (Å²) in [4.78, 5) is 10.4. The first-order chi connectivity index (χ1) is 5.91. The van der Waals surface area contributed by atoms with Crippen molar-refractivity contribution in [3.05, 3.63) is 0 Å². The molecule has 6 heteroatoms. The fourth-order valence-electron chi connectivity index (χ4n) is 1.65. The molecule has 1 heterocycles. The van der Waals surface area contributed by atoms with Crippen molar-refractivity contribution in [2.24, 2.45) is 0 Å². The monoisotopic (exact) mass is 207 g/mol. The highest BCUT2D eigenvalue weighted by Gasteiger charge is 2.32. The summed E-state index contributed by atoms with van der Waals surface area (Å²) in [5.74, 6) is -0.944. The van der Waals surface area contributed by atoms with E-state index in [4.69, 9.17) is 5.11 Å². The third-order valence-electron chi connectivity index (χ3n) is 2.16. The van der Waals surface area contributed by atoms with Crippen LogP contribution < -0.4 is 0 Å². The van der Waals surface area contributed by atoms with E-state index in [2.05, 4.69) is 0 Å². The van der Waals surface area contributed by atoms with Crippen molar-refractivity contribution in [2.75, 3.05) is 12.8 Å². The number of carboxylic acid groups (broad SMARTS) is 1. The third kappa shape index (κ3) is 2.67. The van der Waals surface area contributed by atoms with Gasteiger partial charge in [-0.2, -0.15) is 4.31 Å². The molecule has 0 bridgehead atoms. The van der Waals surface area contributed by atoms with Gasteiger partial charge in [0.25, 0.3) is 0 Å². The van der Waals surface area contributed by atoms with Crippen LogP contribution in [-0.2, 0) is 14.8 Å². The van der Waals surface area contributed by atoms with Gasteiger partial charge in [0.15, 0.2) is 0 Å². The summed E-state index contributed by atoms with van der Waals surface area (Å²) in [5, 5.41) is 8.54. The fraction of sp³-hybridized carbons (Fsp3) is 0.857. The molecule has 0 aromatic carbocycles. The minimum Gasteiger partial charge on any atom is -0.481 e. The molecule has 5 nitrogen and oxygen atoms in total. The Balaban J connectivity index is 2.70. The van der Waals surface area contributed by atoms with Crippen molar-refractivity contribution < 1.29 is 18.3 Å². The Labute approximate surface area is 77.4 Å². The normalized spacial score (nSPS) is 24.8. The molecule has 1 rings (SSSR count). The zero-order valence-corrected chi connectivity index (χ0v) is 8.25. The minimum atomic E-state index is -3.23. The highest BCUT2D eigenvalue weighted by Crippen LogP contribution is 2.22. The van der Waals surface area contributed by atoms with Crippen LogP contribution >= 0.6 is 0 Å². The summed E-state index contributed by atoms with van der Waals surface area (Å²) in [6.07, 6.45) is 2.44. The van der Waals surface area contributed by atoms with Gasteiger partial charge in [0.1, 0.15) is 0 Å². The number of nitrogens with zero attached hydrogens (tertiary/aromatic N) is 1. The Morgan fingerprint density at radius 2 is 2.23 bits per heavy atom. The molecule has 1 aliphatic rings. The summed E-state index contributed by atoms with van der Waals surface area (Å²) in [6.45, 7) is 0.455. The zero-order chi connectivity index (χ0) is 10.1. The third-order valence-corrected chi connectivity index (χ3v) is 3.49. The summed E-state index contributed by atoms with van der Waals surface area (Å²) in [7, 11) is -3.23. The van der Waals surface area contributed by atoms with Crippen LogP contribution in [0.2, 0.25) is 0 Å². The number of hydrogen-bond acceptors (Lipinski definition) is 3. The van der Waals surface area contributed by atoms with Crippen LogP contribution in [0.3, 0.4) is 0 Å². The lowest BCUT2D eigenvalue weighted by Gasteiger charge is -2.20. The quantitative estimate of drug-likeness (QED) is 0.700. The van der Waals surface area contributed by atoms with Gasteiger partial charge in [-0.05, 0) is 12.8 Å². The molecule has 1 unspecified atom stereocenters. The topological polar surface area (TPSA) is 74.7 Å². The van der Waals surface area contributed by atoms with E-state index in [1.54, 1.807) is 0 Å². The van der Waals surface area contributed by atoms with Gasteiger partial charge in [0.2, 0.25) is 10.0 Å². The SMILES string of the molecule is CS(=O)(=O)N1CCCC1CC(=O)O. The summed E-state index contributed by atoms with van der Waals surface area (Å²) in [5.41, 5.74) is 0. The first-order valence-electron chi connectivity index (χ1n) is 4.10. The van der Waals surface area contributed by atoms with Crippen LogP contribution in [0.5, 0.6) is 0 Å². The lowest BCUT2D eigenvalue weighted by Crippen LogP contribution is -2.35. The molecule has 1 N–H and O–H groups in total. The van der Waals surface area contributed by atoms with Gasteiger partial charge in [0.05, 0.1) is 12.7 Å². The van der Waals surface area contributed by atoms with Crippen LogP contribution in [0.1, 0.15) is 19.3 Å². The zero-order valence-electron chi connectivity index (χ0n) is 7.43. The Bertz CT molecular complexity index is 298. The molecule has 1 aliphatic heterocycles. The molecule has 76 valence electrons. The van der Waals surface area contributed by atoms with Gasteiger partial charge >= 0.3 is 5.97 Å². The molecular formula is C7H13NO4S. The van der Waals surface area contributed by atoms with Crippen molar-refractivity contribution >= 4 is 16.0 Å². The van der Waals surface area contributed by atoms with Crippen LogP contribution in [0.25, 0.3) is 0 Å². The molecule has 0 amide bonds. The Morgan fingerprint density at radius 1 is 1.62 bits per heavy atom. The lowest BCUT2D eigenvalue weighted by molar-refractivity contribution is -0.137. The van der Waals surface area contributed by atoms with Gasteiger partial charge in [-0.1, -0.05) is 0 Å². The maximum absolute atomic E-state index is 11.2. The first-order valence-corrected chi connectivity index (χ1v) is 5.94. The molecule has 0 radical (unpaired) electrons. The van der Waals surface area contributed by atoms with Crippen LogP contribution in [0.4, 0.5) is 0 Å². The average molecular weight is 207 g/mol. The Morgan fingerprint density at radius 3 is 2.69 bits per heavy atom. The average Bonchev–Trinajstić information content (AvgIpc) is 2.31. The summed E-state index contributed by atoms with van der Waals surface area (Å²) >= 11 is 0. The van der Waals surface area contributed by atoms with Crippen molar-refractivity contribution in [1.29, 1.82) is 0 Å². The summed E-state index contributed by atoms with van der Waals surface area (Å²) < 4.78 is 23.6.